The fourth-order valence-corrected chi connectivity index (χ4v) is 5.96. The van der Waals surface area contributed by atoms with E-state index in [1.807, 2.05) is 9.62 Å². The van der Waals surface area contributed by atoms with Gasteiger partial charge in [-0.1, -0.05) is 19.3 Å². The van der Waals surface area contributed by atoms with Crippen molar-refractivity contribution in [2.45, 2.75) is 94.9 Å². The predicted molar refractivity (Wildman–Crippen MR) is 136 cm³/mol. The summed E-state index contributed by atoms with van der Waals surface area (Å²) >= 11 is 0. The molecular formula is C24H39F2N5O5S. The molecule has 210 valence electrons. The van der Waals surface area contributed by atoms with Crippen LogP contribution in [0.1, 0.15) is 65.7 Å². The molecule has 1 aromatic rings. The number of rotatable bonds is 10. The SMILES string of the molecule is CC(C)(C)OC(=O)N[C@@H](C1CCCCC1)[C@H](O)Nc1cc(N2CCCC2)c(S(=O)(=O)NCC(F)F)cn1. The van der Waals surface area contributed by atoms with E-state index >= 15 is 0 Å². The van der Waals surface area contributed by atoms with E-state index in [-0.39, 0.29) is 16.6 Å². The number of halogens is 2. The molecule has 1 aliphatic carbocycles. The molecule has 1 aromatic heterocycles. The van der Waals surface area contributed by atoms with E-state index in [1.165, 1.54) is 6.07 Å². The number of alkyl halides is 2. The molecule has 1 amide bonds. The van der Waals surface area contributed by atoms with Gasteiger partial charge in [-0.2, -0.15) is 0 Å². The van der Waals surface area contributed by atoms with Crippen molar-refractivity contribution in [2.24, 2.45) is 5.92 Å². The lowest BCUT2D eigenvalue weighted by molar-refractivity contribution is 0.0366. The Balaban J connectivity index is 1.84. The number of aliphatic hydroxyl groups excluding tert-OH is 1. The number of ether oxygens (including phenoxy) is 1. The van der Waals surface area contributed by atoms with Gasteiger partial charge in [0.15, 0.2) is 0 Å². The first kappa shape index (κ1) is 29.3. The van der Waals surface area contributed by atoms with Gasteiger partial charge >= 0.3 is 6.09 Å². The second kappa shape index (κ2) is 12.5. The van der Waals surface area contributed by atoms with Crippen LogP contribution in [0.5, 0.6) is 0 Å². The van der Waals surface area contributed by atoms with Gasteiger partial charge in [0.25, 0.3) is 6.43 Å². The lowest BCUT2D eigenvalue weighted by atomic mass is 9.83. The van der Waals surface area contributed by atoms with E-state index in [0.29, 0.717) is 18.8 Å². The number of alkyl carbamates (subject to hydrolysis) is 1. The van der Waals surface area contributed by atoms with E-state index in [2.05, 4.69) is 15.6 Å². The number of anilines is 2. The average molecular weight is 548 g/mol. The summed E-state index contributed by atoms with van der Waals surface area (Å²) in [5, 5.41) is 16.9. The number of nitrogens with one attached hydrogen (secondary N) is 3. The lowest BCUT2D eigenvalue weighted by Crippen LogP contribution is -2.52. The molecule has 4 N–H and O–H groups in total. The highest BCUT2D eigenvalue weighted by Gasteiger charge is 2.33. The van der Waals surface area contributed by atoms with Gasteiger partial charge in [0.2, 0.25) is 10.0 Å². The number of aliphatic hydroxyl groups is 1. The van der Waals surface area contributed by atoms with Gasteiger partial charge in [-0.3, -0.25) is 0 Å². The first-order chi connectivity index (χ1) is 17.4. The first-order valence-electron chi connectivity index (χ1n) is 12.8. The summed E-state index contributed by atoms with van der Waals surface area (Å²) in [7, 11) is -4.23. The summed E-state index contributed by atoms with van der Waals surface area (Å²) in [6, 6.07) is 0.833. The van der Waals surface area contributed by atoms with Crippen molar-refractivity contribution in [3.8, 4) is 0 Å². The molecule has 0 bridgehead atoms. The Morgan fingerprint density at radius 1 is 1.19 bits per heavy atom. The zero-order valence-electron chi connectivity index (χ0n) is 21.7. The minimum absolute atomic E-state index is 0.0139. The number of carbonyl (C=O) groups excluding carboxylic acids is 1. The van der Waals surface area contributed by atoms with Gasteiger partial charge in [-0.05, 0) is 52.4 Å². The maximum atomic E-state index is 12.8. The molecule has 0 unspecified atom stereocenters. The molecule has 0 spiro atoms. The van der Waals surface area contributed by atoms with Gasteiger partial charge in [0, 0.05) is 19.2 Å². The van der Waals surface area contributed by atoms with E-state index in [4.69, 9.17) is 4.74 Å². The van der Waals surface area contributed by atoms with E-state index in [1.54, 1.807) is 20.8 Å². The standard InChI is InChI=1S/C24H39F2N5O5S/c1-24(2,3)36-23(33)30-21(16-9-5-4-6-10-16)22(32)29-20-13-17(31-11-7-8-12-31)18(14-27-20)37(34,35)28-15-19(25)26/h13-14,16,19,21-22,28,32H,4-12,15H2,1-3H3,(H,27,29)(H,30,33)/t21-,22-/m0/s1. The number of sulfonamides is 1. The van der Waals surface area contributed by atoms with Crippen LogP contribution in [-0.4, -0.2) is 68.5 Å². The fourth-order valence-electron chi connectivity index (χ4n) is 4.81. The minimum atomic E-state index is -4.23. The van der Waals surface area contributed by atoms with Crippen molar-refractivity contribution >= 4 is 27.6 Å². The van der Waals surface area contributed by atoms with Crippen LogP contribution in [0.15, 0.2) is 17.2 Å². The molecule has 0 radical (unpaired) electrons. The van der Waals surface area contributed by atoms with Crippen molar-refractivity contribution in [2.75, 3.05) is 29.9 Å². The lowest BCUT2D eigenvalue weighted by Gasteiger charge is -2.35. The monoisotopic (exact) mass is 547 g/mol. The van der Waals surface area contributed by atoms with Crippen LogP contribution in [0.3, 0.4) is 0 Å². The number of hydrogen-bond acceptors (Lipinski definition) is 8. The van der Waals surface area contributed by atoms with Gasteiger partial charge in [0.1, 0.15) is 22.5 Å². The van der Waals surface area contributed by atoms with Crippen LogP contribution in [0, 0.1) is 5.92 Å². The third kappa shape index (κ3) is 8.64. The summed E-state index contributed by atoms with van der Waals surface area (Å²) in [5.74, 6) is 0.217. The van der Waals surface area contributed by atoms with Gasteiger partial charge in [0.05, 0.1) is 24.5 Å². The van der Waals surface area contributed by atoms with Crippen molar-refractivity contribution in [1.29, 1.82) is 0 Å². The number of pyridine rings is 1. The number of amides is 1. The summed E-state index contributed by atoms with van der Waals surface area (Å²) < 4.78 is 58.2. The average Bonchev–Trinajstić information content (AvgIpc) is 3.35. The predicted octanol–water partition coefficient (Wildman–Crippen LogP) is 3.43. The van der Waals surface area contributed by atoms with Crippen LogP contribution >= 0.6 is 0 Å². The second-order valence-electron chi connectivity index (χ2n) is 10.6. The van der Waals surface area contributed by atoms with Crippen molar-refractivity contribution in [3.05, 3.63) is 12.3 Å². The Morgan fingerprint density at radius 3 is 2.43 bits per heavy atom. The van der Waals surface area contributed by atoms with Crippen molar-refractivity contribution in [1.82, 2.24) is 15.0 Å². The Labute approximate surface area is 217 Å². The molecule has 0 aromatic carbocycles. The molecule has 2 atom stereocenters. The van der Waals surface area contributed by atoms with E-state index in [0.717, 1.165) is 51.1 Å². The van der Waals surface area contributed by atoms with Crippen LogP contribution in [-0.2, 0) is 14.8 Å². The highest BCUT2D eigenvalue weighted by molar-refractivity contribution is 7.89. The van der Waals surface area contributed by atoms with Crippen molar-refractivity contribution < 1.29 is 31.8 Å². The molecule has 13 heteroatoms. The maximum Gasteiger partial charge on any atom is 0.408 e. The summed E-state index contributed by atoms with van der Waals surface area (Å²) in [6.45, 7) is 5.48. The summed E-state index contributed by atoms with van der Waals surface area (Å²) in [4.78, 5) is 18.4. The number of carbonyl (C=O) groups is 1. The minimum Gasteiger partial charge on any atom is -0.444 e. The number of aromatic nitrogens is 1. The zero-order chi connectivity index (χ0) is 27.2. The quantitative estimate of drug-likeness (QED) is 0.328. The van der Waals surface area contributed by atoms with E-state index in [9.17, 15) is 27.1 Å². The molecule has 1 saturated carbocycles. The van der Waals surface area contributed by atoms with Gasteiger partial charge in [-0.15, -0.1) is 0 Å². The molecule has 2 aliphatic rings. The fraction of sp³-hybridized carbons (Fsp3) is 0.750. The molecular weight excluding hydrogens is 508 g/mol. The molecule has 2 heterocycles. The normalized spacial score (nSPS) is 19.1. The summed E-state index contributed by atoms with van der Waals surface area (Å²) in [6.07, 6.45) is 2.86. The molecule has 2 fully saturated rings. The Morgan fingerprint density at radius 2 is 1.84 bits per heavy atom. The molecule has 3 rings (SSSR count). The van der Waals surface area contributed by atoms with Gasteiger partial charge < -0.3 is 25.4 Å². The molecule has 10 nitrogen and oxygen atoms in total. The van der Waals surface area contributed by atoms with Crippen LogP contribution in [0.4, 0.5) is 25.1 Å². The third-order valence-electron chi connectivity index (χ3n) is 6.49. The third-order valence-corrected chi connectivity index (χ3v) is 7.93. The maximum absolute atomic E-state index is 12.8. The highest BCUT2D eigenvalue weighted by atomic mass is 32.2. The van der Waals surface area contributed by atoms with Gasteiger partial charge in [-0.25, -0.2) is 31.7 Å². The van der Waals surface area contributed by atoms with Crippen molar-refractivity contribution in [3.63, 3.8) is 0 Å². The number of nitrogens with zero attached hydrogens (tertiary/aromatic N) is 2. The zero-order valence-corrected chi connectivity index (χ0v) is 22.5. The largest absolute Gasteiger partial charge is 0.444 e. The topological polar surface area (TPSA) is 133 Å². The van der Waals surface area contributed by atoms with Crippen LogP contribution in [0.2, 0.25) is 0 Å². The van der Waals surface area contributed by atoms with Crippen LogP contribution < -0.4 is 20.3 Å². The first-order valence-corrected chi connectivity index (χ1v) is 14.3. The second-order valence-corrected chi connectivity index (χ2v) is 12.4. The summed E-state index contributed by atoms with van der Waals surface area (Å²) in [5.41, 5.74) is -0.385. The van der Waals surface area contributed by atoms with E-state index < -0.39 is 47.0 Å². The van der Waals surface area contributed by atoms with Crippen LogP contribution in [0.25, 0.3) is 0 Å². The molecule has 1 aliphatic heterocycles. The highest BCUT2D eigenvalue weighted by Crippen LogP contribution is 2.32. The molecule has 37 heavy (non-hydrogen) atoms. The Kier molecular flexibility index (Phi) is 9.92. The Hall–Kier alpha value is -2.25. The number of hydrogen-bond donors (Lipinski definition) is 4. The smallest absolute Gasteiger partial charge is 0.408 e. The Bertz CT molecular complexity index is 1010. The molecule has 1 saturated heterocycles.